The zero-order valence-corrected chi connectivity index (χ0v) is 15.9. The van der Waals surface area contributed by atoms with Crippen LogP contribution in [0.15, 0.2) is 53.6 Å². The number of fused-ring (bicyclic) bond motifs is 1. The Morgan fingerprint density at radius 1 is 1.18 bits per heavy atom. The first-order valence-electron chi connectivity index (χ1n) is 9.35. The number of aromatic nitrogens is 5. The molecule has 0 N–H and O–H groups in total. The lowest BCUT2D eigenvalue weighted by molar-refractivity contribution is -0.137. The molecule has 2 aromatic heterocycles. The molecule has 0 fully saturated rings. The SMILES string of the molecule is CC(C)[C@H]1c2nc(-c3ccccc3)nn2CCN1C(=O)Cn1cccnc1=O. The zero-order chi connectivity index (χ0) is 19.7. The lowest BCUT2D eigenvalue weighted by Crippen LogP contribution is -2.46. The minimum Gasteiger partial charge on any atom is -0.329 e. The zero-order valence-electron chi connectivity index (χ0n) is 15.9. The Morgan fingerprint density at radius 2 is 1.96 bits per heavy atom. The van der Waals surface area contributed by atoms with E-state index in [9.17, 15) is 9.59 Å². The second-order valence-corrected chi connectivity index (χ2v) is 7.19. The highest BCUT2D eigenvalue weighted by molar-refractivity contribution is 5.76. The summed E-state index contributed by atoms with van der Waals surface area (Å²) >= 11 is 0. The minimum atomic E-state index is -0.427. The maximum absolute atomic E-state index is 13.0. The molecule has 0 saturated heterocycles. The van der Waals surface area contributed by atoms with Crippen LogP contribution in [0.1, 0.15) is 25.7 Å². The highest BCUT2D eigenvalue weighted by Crippen LogP contribution is 2.32. The quantitative estimate of drug-likeness (QED) is 0.690. The summed E-state index contributed by atoms with van der Waals surface area (Å²) in [5.74, 6) is 1.48. The highest BCUT2D eigenvalue weighted by atomic mass is 16.2. The summed E-state index contributed by atoms with van der Waals surface area (Å²) in [7, 11) is 0. The molecule has 8 nitrogen and oxygen atoms in total. The first kappa shape index (κ1) is 18.1. The van der Waals surface area contributed by atoms with E-state index in [2.05, 4.69) is 23.9 Å². The van der Waals surface area contributed by atoms with Gasteiger partial charge in [-0.25, -0.2) is 19.4 Å². The molecule has 0 saturated carbocycles. The van der Waals surface area contributed by atoms with Gasteiger partial charge in [-0.3, -0.25) is 9.36 Å². The van der Waals surface area contributed by atoms with Gasteiger partial charge in [0.1, 0.15) is 6.54 Å². The van der Waals surface area contributed by atoms with Gasteiger partial charge in [0.15, 0.2) is 11.6 Å². The van der Waals surface area contributed by atoms with Crippen LogP contribution in [-0.4, -0.2) is 41.7 Å². The molecule has 4 rings (SSSR count). The molecule has 1 aromatic carbocycles. The molecular weight excluding hydrogens is 356 g/mol. The molecule has 1 aliphatic rings. The van der Waals surface area contributed by atoms with E-state index in [-0.39, 0.29) is 24.4 Å². The number of benzene rings is 1. The van der Waals surface area contributed by atoms with Crippen LogP contribution in [0.3, 0.4) is 0 Å². The summed E-state index contributed by atoms with van der Waals surface area (Å²) in [5, 5.41) is 4.65. The van der Waals surface area contributed by atoms with Crippen LogP contribution in [0.25, 0.3) is 11.4 Å². The Labute approximate surface area is 162 Å². The van der Waals surface area contributed by atoms with Gasteiger partial charge in [-0.1, -0.05) is 44.2 Å². The largest absolute Gasteiger partial charge is 0.347 e. The molecule has 0 unspecified atom stereocenters. The predicted octanol–water partition coefficient (Wildman–Crippen LogP) is 1.74. The fourth-order valence-corrected chi connectivity index (χ4v) is 3.61. The third-order valence-corrected chi connectivity index (χ3v) is 4.93. The smallest absolute Gasteiger partial charge is 0.329 e. The van der Waals surface area contributed by atoms with Crippen LogP contribution in [0, 0.1) is 5.92 Å². The molecule has 0 bridgehead atoms. The van der Waals surface area contributed by atoms with Gasteiger partial charge in [0.25, 0.3) is 0 Å². The molecule has 1 amide bonds. The summed E-state index contributed by atoms with van der Waals surface area (Å²) < 4.78 is 3.22. The molecule has 3 heterocycles. The maximum Gasteiger partial charge on any atom is 0.347 e. The van der Waals surface area contributed by atoms with E-state index in [1.807, 2.05) is 39.9 Å². The summed E-state index contributed by atoms with van der Waals surface area (Å²) in [4.78, 5) is 35.1. The van der Waals surface area contributed by atoms with E-state index in [0.717, 1.165) is 11.4 Å². The van der Waals surface area contributed by atoms with Crippen molar-refractivity contribution in [3.8, 4) is 11.4 Å². The molecule has 0 spiro atoms. The normalized spacial score (nSPS) is 16.2. The molecular formula is C20H22N6O2. The third kappa shape index (κ3) is 3.33. The summed E-state index contributed by atoms with van der Waals surface area (Å²) in [6, 6.07) is 11.3. The molecule has 8 heteroatoms. The van der Waals surface area contributed by atoms with Crippen molar-refractivity contribution in [3.05, 3.63) is 65.1 Å². The highest BCUT2D eigenvalue weighted by Gasteiger charge is 2.36. The molecule has 144 valence electrons. The van der Waals surface area contributed by atoms with Crippen molar-refractivity contribution >= 4 is 5.91 Å². The van der Waals surface area contributed by atoms with Crippen molar-refractivity contribution in [2.24, 2.45) is 5.92 Å². The summed E-state index contributed by atoms with van der Waals surface area (Å²) in [6.45, 7) is 5.20. The Morgan fingerprint density at radius 3 is 2.68 bits per heavy atom. The topological polar surface area (TPSA) is 85.9 Å². The Bertz CT molecular complexity index is 1040. The van der Waals surface area contributed by atoms with E-state index in [1.165, 1.54) is 10.8 Å². The van der Waals surface area contributed by atoms with Crippen LogP contribution in [0.2, 0.25) is 0 Å². The van der Waals surface area contributed by atoms with E-state index in [1.54, 1.807) is 12.3 Å². The molecule has 0 aliphatic carbocycles. The van der Waals surface area contributed by atoms with Crippen LogP contribution < -0.4 is 5.69 Å². The van der Waals surface area contributed by atoms with Crippen LogP contribution in [0.5, 0.6) is 0 Å². The monoisotopic (exact) mass is 378 g/mol. The van der Waals surface area contributed by atoms with Gasteiger partial charge < -0.3 is 4.90 Å². The Kier molecular flexibility index (Phi) is 4.77. The number of hydrogen-bond acceptors (Lipinski definition) is 5. The van der Waals surface area contributed by atoms with Gasteiger partial charge >= 0.3 is 5.69 Å². The average molecular weight is 378 g/mol. The van der Waals surface area contributed by atoms with Crippen molar-refractivity contribution in [1.29, 1.82) is 0 Å². The van der Waals surface area contributed by atoms with Crippen LogP contribution in [-0.2, 0) is 17.9 Å². The van der Waals surface area contributed by atoms with Gasteiger partial charge in [-0.2, -0.15) is 5.10 Å². The first-order valence-corrected chi connectivity index (χ1v) is 9.35. The number of carbonyl (C=O) groups excluding carboxylic acids is 1. The van der Waals surface area contributed by atoms with E-state index >= 15 is 0 Å². The average Bonchev–Trinajstić information content (AvgIpc) is 3.13. The standard InChI is InChI=1S/C20H22N6O2/c1-14(2)17-19-22-18(15-7-4-3-5-8-15)23-26(19)12-11-25(17)16(27)13-24-10-6-9-21-20(24)28/h3-10,14,17H,11-13H2,1-2H3/t17-/m0/s1. The van der Waals surface area contributed by atoms with Crippen LogP contribution in [0.4, 0.5) is 0 Å². The van der Waals surface area contributed by atoms with Gasteiger partial charge in [0, 0.05) is 24.5 Å². The van der Waals surface area contributed by atoms with Gasteiger partial charge in [-0.15, -0.1) is 0 Å². The van der Waals surface area contributed by atoms with Gasteiger partial charge in [-0.05, 0) is 12.0 Å². The molecule has 3 aromatic rings. The third-order valence-electron chi connectivity index (χ3n) is 4.93. The fraction of sp³-hybridized carbons (Fsp3) is 0.350. The van der Waals surface area contributed by atoms with Gasteiger partial charge in [0.05, 0.1) is 12.6 Å². The van der Waals surface area contributed by atoms with E-state index < -0.39 is 5.69 Å². The molecule has 28 heavy (non-hydrogen) atoms. The lowest BCUT2D eigenvalue weighted by Gasteiger charge is -2.37. The van der Waals surface area contributed by atoms with Gasteiger partial charge in [0.2, 0.25) is 5.91 Å². The van der Waals surface area contributed by atoms with Crippen molar-refractivity contribution in [3.63, 3.8) is 0 Å². The number of nitrogens with zero attached hydrogens (tertiary/aromatic N) is 6. The lowest BCUT2D eigenvalue weighted by atomic mass is 9.99. The van der Waals surface area contributed by atoms with Crippen LogP contribution >= 0.6 is 0 Å². The second kappa shape index (κ2) is 7.38. The van der Waals surface area contributed by atoms with E-state index in [4.69, 9.17) is 4.98 Å². The molecule has 1 atom stereocenters. The van der Waals surface area contributed by atoms with Crippen molar-refractivity contribution in [2.75, 3.05) is 6.54 Å². The van der Waals surface area contributed by atoms with E-state index in [0.29, 0.717) is 18.9 Å². The minimum absolute atomic E-state index is 0.0322. The molecule has 1 aliphatic heterocycles. The fourth-order valence-electron chi connectivity index (χ4n) is 3.61. The maximum atomic E-state index is 13.0. The van der Waals surface area contributed by atoms with Crippen molar-refractivity contribution < 1.29 is 4.79 Å². The summed E-state index contributed by atoms with van der Waals surface area (Å²) in [6.07, 6.45) is 3.01. The van der Waals surface area contributed by atoms with Crippen molar-refractivity contribution in [1.82, 2.24) is 29.2 Å². The van der Waals surface area contributed by atoms with Crippen molar-refractivity contribution in [2.45, 2.75) is 33.0 Å². The second-order valence-electron chi connectivity index (χ2n) is 7.19. The number of hydrogen-bond donors (Lipinski definition) is 0. The Hall–Kier alpha value is -3.29. The predicted molar refractivity (Wildman–Crippen MR) is 103 cm³/mol. The number of amides is 1. The Balaban J connectivity index is 1.65. The number of rotatable bonds is 4. The first-order chi connectivity index (χ1) is 13.5. The molecule has 0 radical (unpaired) electrons. The summed E-state index contributed by atoms with van der Waals surface area (Å²) in [5.41, 5.74) is 0.523. The number of carbonyl (C=O) groups is 1.